The largest absolute Gasteiger partial charge is 0.444 e. The molecule has 0 aromatic heterocycles. The summed E-state index contributed by atoms with van der Waals surface area (Å²) < 4.78 is 5.38. The smallest absolute Gasteiger partial charge is 0.410 e. The van der Waals surface area contributed by atoms with E-state index in [4.69, 9.17) is 4.74 Å². The number of nitrogens with one attached hydrogen (secondary N) is 1. The molecule has 1 aliphatic carbocycles. The van der Waals surface area contributed by atoms with Gasteiger partial charge in [-0.15, -0.1) is 0 Å². The lowest BCUT2D eigenvalue weighted by atomic mass is 9.64. The summed E-state index contributed by atoms with van der Waals surface area (Å²) in [6.45, 7) is 10.2. The van der Waals surface area contributed by atoms with Gasteiger partial charge in [-0.25, -0.2) is 4.79 Å². The van der Waals surface area contributed by atoms with E-state index in [1.165, 1.54) is 0 Å². The van der Waals surface area contributed by atoms with Gasteiger partial charge in [-0.2, -0.15) is 0 Å². The maximum Gasteiger partial charge on any atom is 0.410 e. The fourth-order valence-electron chi connectivity index (χ4n) is 2.79. The van der Waals surface area contributed by atoms with Crippen molar-refractivity contribution in [2.75, 3.05) is 12.4 Å². The Morgan fingerprint density at radius 1 is 1.42 bits per heavy atom. The first-order valence-corrected chi connectivity index (χ1v) is 8.47. The summed E-state index contributed by atoms with van der Waals surface area (Å²) in [6.07, 6.45) is 0.176. The number of amides is 1. The van der Waals surface area contributed by atoms with Gasteiger partial charge in [0.1, 0.15) is 5.60 Å². The molecule has 2 rings (SSSR count). The average Bonchev–Trinajstić information content (AvgIpc) is 2.45. The van der Waals surface area contributed by atoms with E-state index in [0.717, 1.165) is 17.7 Å². The Balaban J connectivity index is 1.97. The molecule has 1 fully saturated rings. The second kappa shape index (κ2) is 6.63. The highest BCUT2D eigenvalue weighted by Crippen LogP contribution is 2.42. The number of rotatable bonds is 4. The third kappa shape index (κ3) is 4.41. The van der Waals surface area contributed by atoms with Crippen LogP contribution in [-0.2, 0) is 11.3 Å². The van der Waals surface area contributed by atoms with E-state index in [1.807, 2.05) is 45.0 Å². The highest BCUT2D eigenvalue weighted by molar-refractivity contribution is 5.67. The fourth-order valence-corrected chi connectivity index (χ4v) is 2.79. The molecule has 1 amide bonds. The van der Waals surface area contributed by atoms with Crippen LogP contribution in [-0.4, -0.2) is 40.9 Å². The van der Waals surface area contributed by atoms with Crippen molar-refractivity contribution < 1.29 is 14.6 Å². The fraction of sp³-hybridized carbons (Fsp3) is 0.632. The number of carbonyl (C=O) groups excluding carboxylic acids is 1. The van der Waals surface area contributed by atoms with E-state index < -0.39 is 5.60 Å². The summed E-state index contributed by atoms with van der Waals surface area (Å²) in [5, 5.41) is 13.3. The molecule has 0 spiro atoms. The zero-order chi connectivity index (χ0) is 18.1. The van der Waals surface area contributed by atoms with Gasteiger partial charge in [0, 0.05) is 30.7 Å². The number of hydrogen-bond acceptors (Lipinski definition) is 4. The molecule has 2 atom stereocenters. The second-order valence-corrected chi connectivity index (χ2v) is 8.31. The number of nitrogens with zero attached hydrogens (tertiary/aromatic N) is 1. The Kier molecular flexibility index (Phi) is 5.14. The lowest BCUT2D eigenvalue weighted by molar-refractivity contribution is -0.0510. The van der Waals surface area contributed by atoms with Crippen LogP contribution in [0.15, 0.2) is 24.3 Å². The van der Waals surface area contributed by atoms with Crippen LogP contribution >= 0.6 is 0 Å². The number of anilines is 1. The summed E-state index contributed by atoms with van der Waals surface area (Å²) in [6, 6.07) is 8.28. The van der Waals surface area contributed by atoms with Crippen LogP contribution in [0.4, 0.5) is 10.5 Å². The first kappa shape index (κ1) is 18.6. The van der Waals surface area contributed by atoms with Crippen LogP contribution < -0.4 is 5.32 Å². The molecule has 0 saturated heterocycles. The summed E-state index contributed by atoms with van der Waals surface area (Å²) in [4.78, 5) is 13.6. The Labute approximate surface area is 145 Å². The highest BCUT2D eigenvalue weighted by Gasteiger charge is 2.47. The van der Waals surface area contributed by atoms with Crippen molar-refractivity contribution in [3.05, 3.63) is 29.8 Å². The summed E-state index contributed by atoms with van der Waals surface area (Å²) in [5.74, 6) is 0. The summed E-state index contributed by atoms with van der Waals surface area (Å²) >= 11 is 0. The number of hydrogen-bond donors (Lipinski definition) is 2. The molecule has 0 radical (unpaired) electrons. The van der Waals surface area contributed by atoms with Crippen LogP contribution in [0.2, 0.25) is 0 Å². The van der Waals surface area contributed by atoms with Crippen molar-refractivity contribution in [3.63, 3.8) is 0 Å². The lowest BCUT2D eigenvalue weighted by Crippen LogP contribution is -2.56. The average molecular weight is 334 g/mol. The molecule has 1 saturated carbocycles. The molecule has 0 bridgehead atoms. The van der Waals surface area contributed by atoms with E-state index in [0.29, 0.717) is 6.54 Å². The second-order valence-electron chi connectivity index (χ2n) is 8.31. The predicted molar refractivity (Wildman–Crippen MR) is 96.0 cm³/mol. The Hall–Kier alpha value is -1.75. The summed E-state index contributed by atoms with van der Waals surface area (Å²) in [5.41, 5.74) is 1.43. The lowest BCUT2D eigenvalue weighted by Gasteiger charge is -2.49. The van der Waals surface area contributed by atoms with Gasteiger partial charge in [-0.1, -0.05) is 26.0 Å². The van der Waals surface area contributed by atoms with Crippen molar-refractivity contribution in [2.45, 2.75) is 65.3 Å². The maximum atomic E-state index is 12.1. The molecule has 5 nitrogen and oxygen atoms in total. The molecule has 24 heavy (non-hydrogen) atoms. The van der Waals surface area contributed by atoms with Gasteiger partial charge in [0.2, 0.25) is 0 Å². The Bertz CT molecular complexity index is 593. The number of aliphatic hydroxyl groups excluding tert-OH is 1. The van der Waals surface area contributed by atoms with E-state index >= 15 is 0 Å². The maximum absolute atomic E-state index is 12.1. The van der Waals surface area contributed by atoms with E-state index in [1.54, 1.807) is 11.9 Å². The standard InChI is InChI=1S/C19H30N2O3/c1-18(2,3)24-17(23)21(6)12-13-8-7-9-14(10-13)20-15-11-16(22)19(15,4)5/h7-10,15-16,20,22H,11-12H2,1-6H3. The number of ether oxygens (including phenoxy) is 1. The first-order valence-electron chi connectivity index (χ1n) is 8.47. The number of aliphatic hydroxyl groups is 1. The Morgan fingerprint density at radius 3 is 2.62 bits per heavy atom. The molecular weight excluding hydrogens is 304 g/mol. The number of benzene rings is 1. The van der Waals surface area contributed by atoms with Gasteiger partial charge in [0.05, 0.1) is 6.10 Å². The van der Waals surface area contributed by atoms with E-state index in [2.05, 4.69) is 19.2 Å². The van der Waals surface area contributed by atoms with Crippen LogP contribution in [0.3, 0.4) is 0 Å². The third-order valence-corrected chi connectivity index (χ3v) is 4.61. The molecule has 1 aliphatic rings. The molecule has 2 unspecified atom stereocenters. The van der Waals surface area contributed by atoms with Gasteiger partial charge in [0.15, 0.2) is 0 Å². The third-order valence-electron chi connectivity index (χ3n) is 4.61. The minimum absolute atomic E-state index is 0.122. The SMILES string of the molecule is CN(Cc1cccc(NC2CC(O)C2(C)C)c1)C(=O)OC(C)(C)C. The molecule has 0 aliphatic heterocycles. The zero-order valence-corrected chi connectivity index (χ0v) is 15.6. The molecule has 5 heteroatoms. The molecule has 134 valence electrons. The molecule has 0 heterocycles. The molecular formula is C19H30N2O3. The predicted octanol–water partition coefficient (Wildman–Crippen LogP) is 3.62. The van der Waals surface area contributed by atoms with Crippen molar-refractivity contribution in [3.8, 4) is 0 Å². The topological polar surface area (TPSA) is 61.8 Å². The van der Waals surface area contributed by atoms with Gasteiger partial charge in [0.25, 0.3) is 0 Å². The van der Waals surface area contributed by atoms with Crippen LogP contribution in [0, 0.1) is 5.41 Å². The van der Waals surface area contributed by atoms with Gasteiger partial charge in [-0.3, -0.25) is 0 Å². The van der Waals surface area contributed by atoms with Crippen LogP contribution in [0.25, 0.3) is 0 Å². The first-order chi connectivity index (χ1) is 11.0. The van der Waals surface area contributed by atoms with Crippen molar-refractivity contribution in [1.29, 1.82) is 0 Å². The zero-order valence-electron chi connectivity index (χ0n) is 15.6. The quantitative estimate of drug-likeness (QED) is 0.883. The van der Waals surface area contributed by atoms with Gasteiger partial charge >= 0.3 is 6.09 Å². The van der Waals surface area contributed by atoms with Crippen LogP contribution in [0.1, 0.15) is 46.6 Å². The van der Waals surface area contributed by atoms with Crippen molar-refractivity contribution in [1.82, 2.24) is 4.90 Å². The normalized spacial score (nSPS) is 22.5. The van der Waals surface area contributed by atoms with Crippen molar-refractivity contribution >= 4 is 11.8 Å². The van der Waals surface area contributed by atoms with Crippen molar-refractivity contribution in [2.24, 2.45) is 5.41 Å². The van der Waals surface area contributed by atoms with E-state index in [9.17, 15) is 9.90 Å². The minimum Gasteiger partial charge on any atom is -0.444 e. The molecule has 2 N–H and O–H groups in total. The minimum atomic E-state index is -0.495. The van der Waals surface area contributed by atoms with E-state index in [-0.39, 0.29) is 23.7 Å². The Morgan fingerprint density at radius 2 is 2.08 bits per heavy atom. The van der Waals surface area contributed by atoms with Gasteiger partial charge in [-0.05, 0) is 44.9 Å². The van der Waals surface area contributed by atoms with Gasteiger partial charge < -0.3 is 20.1 Å². The number of carbonyl (C=O) groups is 1. The monoisotopic (exact) mass is 334 g/mol. The van der Waals surface area contributed by atoms with Crippen LogP contribution in [0.5, 0.6) is 0 Å². The summed E-state index contributed by atoms with van der Waals surface area (Å²) in [7, 11) is 1.74. The molecule has 1 aromatic rings. The molecule has 1 aromatic carbocycles. The highest BCUT2D eigenvalue weighted by atomic mass is 16.6.